The van der Waals surface area contributed by atoms with Crippen LogP contribution in [0.1, 0.15) is 39.8 Å². The molecule has 1 aliphatic heterocycles. The lowest BCUT2D eigenvalue weighted by molar-refractivity contribution is 0.0505. The van der Waals surface area contributed by atoms with Crippen molar-refractivity contribution in [3.8, 4) is 11.3 Å². The van der Waals surface area contributed by atoms with Crippen LogP contribution in [0.2, 0.25) is 0 Å². The zero-order chi connectivity index (χ0) is 19.5. The summed E-state index contributed by atoms with van der Waals surface area (Å²) in [6, 6.07) is 18.4. The molecule has 1 aliphatic rings. The molecular weight excluding hydrogens is 372 g/mol. The van der Waals surface area contributed by atoms with Gasteiger partial charge in [-0.25, -0.2) is 4.79 Å². The molecule has 2 aromatic carbocycles. The fourth-order valence-electron chi connectivity index (χ4n) is 2.93. The number of Topliss-reactive ketones (excluding diaryl/α,β-unsaturated/α-hetero) is 1. The van der Waals surface area contributed by atoms with E-state index in [0.29, 0.717) is 28.6 Å². The third-order valence-corrected chi connectivity index (χ3v) is 5.39. The average molecular weight is 390 g/mol. The Balaban J connectivity index is 1.56. The van der Waals surface area contributed by atoms with E-state index in [9.17, 15) is 9.59 Å². The number of ketones is 1. The smallest absolute Gasteiger partial charge is 0.338 e. The molecule has 0 unspecified atom stereocenters. The maximum Gasteiger partial charge on any atom is 0.338 e. The Bertz CT molecular complexity index is 1080. The van der Waals surface area contributed by atoms with Crippen molar-refractivity contribution >= 4 is 29.6 Å². The molecule has 0 amide bonds. The molecule has 0 saturated heterocycles. The van der Waals surface area contributed by atoms with Crippen LogP contribution in [0.15, 0.2) is 74.9 Å². The molecule has 5 heteroatoms. The topological polar surface area (TPSA) is 56.5 Å². The van der Waals surface area contributed by atoms with E-state index in [4.69, 9.17) is 9.15 Å². The minimum absolute atomic E-state index is 0.0132. The second kappa shape index (κ2) is 7.90. The van der Waals surface area contributed by atoms with Crippen LogP contribution in [0, 0.1) is 0 Å². The Morgan fingerprint density at radius 1 is 1.11 bits per heavy atom. The lowest BCUT2D eigenvalue weighted by Gasteiger charge is -2.04. The summed E-state index contributed by atoms with van der Waals surface area (Å²) >= 11 is 1.45. The van der Waals surface area contributed by atoms with E-state index in [1.54, 1.807) is 24.3 Å². The largest absolute Gasteiger partial charge is 0.462 e. The minimum Gasteiger partial charge on any atom is -0.462 e. The molecule has 0 bridgehead atoms. The first-order valence-corrected chi connectivity index (χ1v) is 9.88. The van der Waals surface area contributed by atoms with Gasteiger partial charge in [-0.05, 0) is 48.9 Å². The van der Waals surface area contributed by atoms with Crippen molar-refractivity contribution in [2.24, 2.45) is 0 Å². The number of hydrogen-bond donors (Lipinski definition) is 0. The second-order valence-electron chi connectivity index (χ2n) is 6.35. The van der Waals surface area contributed by atoms with Gasteiger partial charge in [0.15, 0.2) is 0 Å². The van der Waals surface area contributed by atoms with Crippen molar-refractivity contribution in [1.82, 2.24) is 0 Å². The van der Waals surface area contributed by atoms with E-state index in [2.05, 4.69) is 0 Å². The van der Waals surface area contributed by atoms with E-state index in [-0.39, 0.29) is 11.8 Å². The molecule has 0 fully saturated rings. The van der Waals surface area contributed by atoms with Crippen LogP contribution in [-0.2, 0) is 4.74 Å². The van der Waals surface area contributed by atoms with E-state index in [0.717, 1.165) is 22.4 Å². The Kier molecular flexibility index (Phi) is 5.17. The first-order valence-electron chi connectivity index (χ1n) is 9.06. The number of carbonyl (C=O) groups excluding carboxylic acids is 2. The second-order valence-corrected chi connectivity index (χ2v) is 7.44. The van der Waals surface area contributed by atoms with Crippen LogP contribution in [-0.4, -0.2) is 18.4 Å². The summed E-state index contributed by atoms with van der Waals surface area (Å²) in [6.07, 6.45) is 2.54. The Hall–Kier alpha value is -3.05. The number of furan rings is 1. The third-order valence-electron chi connectivity index (χ3n) is 4.30. The summed E-state index contributed by atoms with van der Waals surface area (Å²) in [5, 5.41) is 0. The summed E-state index contributed by atoms with van der Waals surface area (Å²) in [7, 11) is 0. The normalized spacial score (nSPS) is 14.3. The molecular formula is C23H18O4S. The first-order chi connectivity index (χ1) is 13.7. The predicted octanol–water partition coefficient (Wildman–Crippen LogP) is 5.84. The molecule has 140 valence electrons. The van der Waals surface area contributed by atoms with Crippen molar-refractivity contribution in [3.63, 3.8) is 0 Å². The van der Waals surface area contributed by atoms with Gasteiger partial charge < -0.3 is 9.15 Å². The zero-order valence-corrected chi connectivity index (χ0v) is 16.1. The number of benzene rings is 2. The van der Waals surface area contributed by atoms with Gasteiger partial charge in [-0.2, -0.15) is 0 Å². The number of esters is 1. The highest BCUT2D eigenvalue weighted by molar-refractivity contribution is 8.04. The molecule has 0 aliphatic carbocycles. The SMILES string of the molecule is CCCOC(=O)c1cccc(-c2ccc(/C=C3\Sc4ccccc4C3=O)o2)c1. The molecule has 2 heterocycles. The van der Waals surface area contributed by atoms with Crippen molar-refractivity contribution < 1.29 is 18.7 Å². The molecule has 3 aromatic rings. The lowest BCUT2D eigenvalue weighted by atomic mass is 10.1. The van der Waals surface area contributed by atoms with Gasteiger partial charge in [0.2, 0.25) is 5.78 Å². The maximum atomic E-state index is 12.5. The van der Waals surface area contributed by atoms with Gasteiger partial charge in [0.1, 0.15) is 11.5 Å². The van der Waals surface area contributed by atoms with Gasteiger partial charge in [-0.3, -0.25) is 4.79 Å². The monoisotopic (exact) mass is 390 g/mol. The Labute approximate surface area is 167 Å². The van der Waals surface area contributed by atoms with E-state index in [1.807, 2.05) is 49.4 Å². The van der Waals surface area contributed by atoms with Gasteiger partial charge in [0.05, 0.1) is 17.1 Å². The summed E-state index contributed by atoms with van der Waals surface area (Å²) in [5.41, 5.74) is 1.99. The van der Waals surface area contributed by atoms with Crippen molar-refractivity contribution in [1.29, 1.82) is 0 Å². The van der Waals surface area contributed by atoms with Crippen LogP contribution >= 0.6 is 11.8 Å². The Morgan fingerprint density at radius 2 is 1.96 bits per heavy atom. The van der Waals surface area contributed by atoms with Crippen LogP contribution in [0.25, 0.3) is 17.4 Å². The molecule has 1 aromatic heterocycles. The van der Waals surface area contributed by atoms with Crippen LogP contribution in [0.4, 0.5) is 0 Å². The Morgan fingerprint density at radius 3 is 2.79 bits per heavy atom. The van der Waals surface area contributed by atoms with Crippen LogP contribution in [0.3, 0.4) is 0 Å². The van der Waals surface area contributed by atoms with Gasteiger partial charge in [-0.15, -0.1) is 0 Å². The van der Waals surface area contributed by atoms with Crippen LogP contribution < -0.4 is 0 Å². The number of hydrogen-bond acceptors (Lipinski definition) is 5. The van der Waals surface area contributed by atoms with E-state index >= 15 is 0 Å². The fraction of sp³-hybridized carbons (Fsp3) is 0.130. The first kappa shape index (κ1) is 18.3. The maximum absolute atomic E-state index is 12.5. The molecule has 28 heavy (non-hydrogen) atoms. The summed E-state index contributed by atoms with van der Waals surface area (Å²) in [4.78, 5) is 26.2. The van der Waals surface area contributed by atoms with Crippen LogP contribution in [0.5, 0.6) is 0 Å². The number of thioether (sulfide) groups is 1. The zero-order valence-electron chi connectivity index (χ0n) is 15.3. The number of allylic oxidation sites excluding steroid dienone is 1. The molecule has 0 saturated carbocycles. The van der Waals surface area contributed by atoms with Gasteiger partial charge >= 0.3 is 5.97 Å². The number of rotatable bonds is 5. The molecule has 0 N–H and O–H groups in total. The van der Waals surface area contributed by atoms with Gasteiger partial charge in [-0.1, -0.05) is 43.0 Å². The van der Waals surface area contributed by atoms with E-state index in [1.165, 1.54) is 11.8 Å². The molecule has 0 radical (unpaired) electrons. The van der Waals surface area contributed by atoms with Crippen molar-refractivity contribution in [2.45, 2.75) is 18.2 Å². The molecule has 4 rings (SSSR count). The number of fused-ring (bicyclic) bond motifs is 1. The van der Waals surface area contributed by atoms with Gasteiger partial charge in [0, 0.05) is 16.0 Å². The lowest BCUT2D eigenvalue weighted by Crippen LogP contribution is -2.05. The minimum atomic E-state index is -0.344. The molecule has 0 atom stereocenters. The fourth-order valence-corrected chi connectivity index (χ4v) is 3.96. The summed E-state index contributed by atoms with van der Waals surface area (Å²) in [6.45, 7) is 2.35. The summed E-state index contributed by atoms with van der Waals surface area (Å²) in [5.74, 6) is 0.894. The van der Waals surface area contributed by atoms with Crippen molar-refractivity contribution in [2.75, 3.05) is 6.61 Å². The highest BCUT2D eigenvalue weighted by atomic mass is 32.2. The highest BCUT2D eigenvalue weighted by Gasteiger charge is 2.25. The third kappa shape index (κ3) is 3.66. The van der Waals surface area contributed by atoms with E-state index < -0.39 is 0 Å². The average Bonchev–Trinajstić information content (AvgIpc) is 3.32. The number of ether oxygens (including phenoxy) is 1. The predicted molar refractivity (Wildman–Crippen MR) is 109 cm³/mol. The standard InChI is InChI=1S/C23H18O4S/c1-2-12-26-23(25)16-7-5-6-15(13-16)19-11-10-17(27-19)14-21-22(24)18-8-3-4-9-20(18)28-21/h3-11,13-14H,2,12H2,1H3/b21-14-. The highest BCUT2D eigenvalue weighted by Crippen LogP contribution is 2.40. The molecule has 4 nitrogen and oxygen atoms in total. The molecule has 0 spiro atoms. The number of carbonyl (C=O) groups is 2. The van der Waals surface area contributed by atoms with Gasteiger partial charge in [0.25, 0.3) is 0 Å². The quantitative estimate of drug-likeness (QED) is 0.404. The summed E-state index contributed by atoms with van der Waals surface area (Å²) < 4.78 is 11.1. The van der Waals surface area contributed by atoms with Crippen molar-refractivity contribution in [3.05, 3.63) is 82.5 Å².